The number of benzene rings is 2. The third-order valence-corrected chi connectivity index (χ3v) is 4.35. The van der Waals surface area contributed by atoms with Crippen molar-refractivity contribution in [2.75, 3.05) is 48.3 Å². The lowest BCUT2D eigenvalue weighted by molar-refractivity contribution is -0.114. The van der Waals surface area contributed by atoms with Gasteiger partial charge in [-0.2, -0.15) is 0 Å². The molecule has 3 N–H and O–H groups in total. The fourth-order valence-corrected chi connectivity index (χ4v) is 2.85. The summed E-state index contributed by atoms with van der Waals surface area (Å²) in [5.41, 5.74) is 3.13. The van der Waals surface area contributed by atoms with Gasteiger partial charge in [0.05, 0.1) is 6.54 Å². The van der Waals surface area contributed by atoms with Gasteiger partial charge in [0, 0.05) is 49.3 Å². The molecule has 1 aliphatic heterocycles. The molecule has 0 radical (unpaired) electrons. The van der Waals surface area contributed by atoms with E-state index in [0.717, 1.165) is 55.2 Å². The number of piperazine rings is 1. The first-order chi connectivity index (χ1) is 12.5. The SMILES string of the molecule is Cc1ccc(N2CCNCC2)cc1NC(=O)CNc1ccc(F)c(F)c1.Cl.Cl.Cl. The van der Waals surface area contributed by atoms with Crippen LogP contribution >= 0.6 is 37.2 Å². The van der Waals surface area contributed by atoms with Gasteiger partial charge in [0.1, 0.15) is 0 Å². The monoisotopic (exact) mass is 468 g/mol. The number of amides is 1. The van der Waals surface area contributed by atoms with Gasteiger partial charge in [0.2, 0.25) is 5.91 Å². The van der Waals surface area contributed by atoms with Crippen LogP contribution in [0.5, 0.6) is 0 Å². The Labute approximate surface area is 187 Å². The maximum absolute atomic E-state index is 13.2. The number of hydrogen-bond acceptors (Lipinski definition) is 4. The van der Waals surface area contributed by atoms with Crippen molar-refractivity contribution in [1.29, 1.82) is 0 Å². The van der Waals surface area contributed by atoms with Crippen LogP contribution in [0.25, 0.3) is 0 Å². The summed E-state index contributed by atoms with van der Waals surface area (Å²) >= 11 is 0. The smallest absolute Gasteiger partial charge is 0.243 e. The number of rotatable bonds is 5. The van der Waals surface area contributed by atoms with Gasteiger partial charge in [-0.25, -0.2) is 8.78 Å². The lowest BCUT2D eigenvalue weighted by Gasteiger charge is -2.30. The van der Waals surface area contributed by atoms with E-state index in [-0.39, 0.29) is 49.7 Å². The van der Waals surface area contributed by atoms with Gasteiger partial charge in [-0.1, -0.05) is 6.07 Å². The zero-order chi connectivity index (χ0) is 18.5. The summed E-state index contributed by atoms with van der Waals surface area (Å²) in [7, 11) is 0. The highest BCUT2D eigenvalue weighted by Crippen LogP contribution is 2.23. The summed E-state index contributed by atoms with van der Waals surface area (Å²) in [5, 5.41) is 8.98. The van der Waals surface area contributed by atoms with Crippen LogP contribution in [0.2, 0.25) is 0 Å². The van der Waals surface area contributed by atoms with Crippen molar-refractivity contribution in [3.05, 3.63) is 53.6 Å². The molecule has 0 spiro atoms. The molecule has 0 aromatic heterocycles. The van der Waals surface area contributed by atoms with Crippen LogP contribution in [0.1, 0.15) is 5.56 Å². The first-order valence-corrected chi connectivity index (χ1v) is 8.58. The van der Waals surface area contributed by atoms with Crippen molar-refractivity contribution >= 4 is 60.2 Å². The predicted molar refractivity (Wildman–Crippen MR) is 121 cm³/mol. The Hall–Kier alpha value is -1.80. The number of nitrogens with zero attached hydrogens (tertiary/aromatic N) is 1. The summed E-state index contributed by atoms with van der Waals surface area (Å²) < 4.78 is 26.1. The molecule has 2 aromatic carbocycles. The Morgan fingerprint density at radius 1 is 1.03 bits per heavy atom. The maximum Gasteiger partial charge on any atom is 0.243 e. The molecule has 1 heterocycles. The Bertz CT molecular complexity index is 805. The Morgan fingerprint density at radius 2 is 1.72 bits per heavy atom. The van der Waals surface area contributed by atoms with E-state index >= 15 is 0 Å². The number of halogens is 5. The summed E-state index contributed by atoms with van der Waals surface area (Å²) in [4.78, 5) is 14.5. The molecular weight excluding hydrogens is 445 g/mol. The second-order valence-electron chi connectivity index (χ2n) is 6.27. The summed E-state index contributed by atoms with van der Waals surface area (Å²) in [5.74, 6) is -2.12. The minimum atomic E-state index is -0.949. The molecule has 1 fully saturated rings. The van der Waals surface area contributed by atoms with Crippen LogP contribution in [0, 0.1) is 18.6 Å². The average molecular weight is 470 g/mol. The highest BCUT2D eigenvalue weighted by Gasteiger charge is 2.13. The van der Waals surface area contributed by atoms with Gasteiger partial charge < -0.3 is 20.9 Å². The Morgan fingerprint density at radius 3 is 2.38 bits per heavy atom. The lowest BCUT2D eigenvalue weighted by Crippen LogP contribution is -2.43. The molecule has 1 saturated heterocycles. The van der Waals surface area contributed by atoms with Crippen LogP contribution < -0.4 is 20.9 Å². The molecule has 1 aliphatic rings. The molecule has 10 heteroatoms. The normalized spacial score (nSPS) is 12.7. The van der Waals surface area contributed by atoms with Gasteiger partial charge in [-0.05, 0) is 36.8 Å². The first kappa shape index (κ1) is 27.2. The highest BCUT2D eigenvalue weighted by molar-refractivity contribution is 5.95. The van der Waals surface area contributed by atoms with E-state index < -0.39 is 11.6 Å². The van der Waals surface area contributed by atoms with Crippen LogP contribution in [-0.4, -0.2) is 38.6 Å². The number of aryl methyl sites for hydroxylation is 1. The van der Waals surface area contributed by atoms with Crippen molar-refractivity contribution in [2.45, 2.75) is 6.92 Å². The van der Waals surface area contributed by atoms with E-state index in [2.05, 4.69) is 26.9 Å². The number of carbonyl (C=O) groups is 1. The quantitative estimate of drug-likeness (QED) is 0.620. The third-order valence-electron chi connectivity index (χ3n) is 4.35. The van der Waals surface area contributed by atoms with Crippen LogP contribution in [0.3, 0.4) is 0 Å². The second kappa shape index (κ2) is 12.7. The zero-order valence-corrected chi connectivity index (χ0v) is 18.3. The van der Waals surface area contributed by atoms with Crippen molar-refractivity contribution < 1.29 is 13.6 Å². The largest absolute Gasteiger partial charge is 0.376 e. The van der Waals surface area contributed by atoms with Gasteiger partial charge >= 0.3 is 0 Å². The molecule has 0 atom stereocenters. The summed E-state index contributed by atoms with van der Waals surface area (Å²) in [6.45, 7) is 5.62. The van der Waals surface area contributed by atoms with Crippen molar-refractivity contribution in [1.82, 2.24) is 5.32 Å². The standard InChI is InChI=1S/C19H22F2N4O.3ClH/c1-13-2-4-15(25-8-6-22-7-9-25)11-18(13)24-19(26)12-23-14-3-5-16(20)17(21)10-14;;;/h2-5,10-11,22-23H,6-9,12H2,1H3,(H,24,26);3*1H. The number of hydrogen-bond donors (Lipinski definition) is 3. The van der Waals surface area contributed by atoms with Gasteiger partial charge in [-0.3, -0.25) is 4.79 Å². The molecule has 3 rings (SSSR count). The van der Waals surface area contributed by atoms with E-state index in [4.69, 9.17) is 0 Å². The first-order valence-electron chi connectivity index (χ1n) is 8.58. The Balaban J connectivity index is 0.00000261. The third kappa shape index (κ3) is 7.51. The van der Waals surface area contributed by atoms with Crippen molar-refractivity contribution in [2.24, 2.45) is 0 Å². The maximum atomic E-state index is 13.2. The molecular formula is C19H25Cl3F2N4O. The van der Waals surface area contributed by atoms with Gasteiger partial charge in [-0.15, -0.1) is 37.2 Å². The van der Waals surface area contributed by atoms with Crippen LogP contribution in [0.4, 0.5) is 25.8 Å². The Kier molecular flexibility index (Phi) is 11.9. The van der Waals surface area contributed by atoms with Crippen LogP contribution in [-0.2, 0) is 4.79 Å². The summed E-state index contributed by atoms with van der Waals surface area (Å²) in [6.07, 6.45) is 0. The molecule has 1 amide bonds. The topological polar surface area (TPSA) is 56.4 Å². The molecule has 29 heavy (non-hydrogen) atoms. The van der Waals surface area contributed by atoms with Gasteiger partial charge in [0.15, 0.2) is 11.6 Å². The van der Waals surface area contributed by atoms with E-state index in [1.54, 1.807) is 0 Å². The fraction of sp³-hybridized carbons (Fsp3) is 0.316. The van der Waals surface area contributed by atoms with E-state index in [1.807, 2.05) is 19.1 Å². The fourth-order valence-electron chi connectivity index (χ4n) is 2.85. The van der Waals surface area contributed by atoms with Crippen molar-refractivity contribution in [3.63, 3.8) is 0 Å². The molecule has 2 aromatic rings. The molecule has 0 saturated carbocycles. The van der Waals surface area contributed by atoms with E-state index in [1.165, 1.54) is 6.07 Å². The molecule has 0 aliphatic carbocycles. The minimum Gasteiger partial charge on any atom is -0.376 e. The van der Waals surface area contributed by atoms with Crippen LogP contribution in [0.15, 0.2) is 36.4 Å². The molecule has 162 valence electrons. The summed E-state index contributed by atoms with van der Waals surface area (Å²) in [6, 6.07) is 9.44. The lowest BCUT2D eigenvalue weighted by atomic mass is 10.1. The average Bonchev–Trinajstić information content (AvgIpc) is 2.65. The van der Waals surface area contributed by atoms with E-state index in [0.29, 0.717) is 5.69 Å². The highest BCUT2D eigenvalue weighted by atomic mass is 35.5. The number of nitrogens with one attached hydrogen (secondary N) is 3. The number of carbonyl (C=O) groups excluding carboxylic acids is 1. The van der Waals surface area contributed by atoms with Crippen molar-refractivity contribution in [3.8, 4) is 0 Å². The van der Waals surface area contributed by atoms with Gasteiger partial charge in [0.25, 0.3) is 0 Å². The predicted octanol–water partition coefficient (Wildman–Crippen LogP) is 4.00. The molecule has 5 nitrogen and oxygen atoms in total. The minimum absolute atomic E-state index is 0. The zero-order valence-electron chi connectivity index (χ0n) is 15.8. The number of anilines is 3. The molecule has 0 bridgehead atoms. The second-order valence-corrected chi connectivity index (χ2v) is 6.27. The molecule has 0 unspecified atom stereocenters. The van der Waals surface area contributed by atoms with E-state index in [9.17, 15) is 13.6 Å².